The maximum absolute atomic E-state index is 13.8. The molecule has 5 fully saturated rings. The second-order valence-corrected chi connectivity index (χ2v) is 18.8. The fraction of sp³-hybridized carbons (Fsp3) is 0.818. The molecule has 5 aliphatic rings. The van der Waals surface area contributed by atoms with Crippen LogP contribution in [0.3, 0.4) is 0 Å². The summed E-state index contributed by atoms with van der Waals surface area (Å²) in [6.45, 7) is 6.78. The van der Waals surface area contributed by atoms with E-state index in [1.165, 1.54) is 19.6 Å². The Morgan fingerprint density at radius 3 is 0.700 bits per heavy atom. The van der Waals surface area contributed by atoms with Crippen LogP contribution in [0.15, 0.2) is 0 Å². The van der Waals surface area contributed by atoms with E-state index >= 15 is 0 Å². The molecular formula is C44H72N8O8. The van der Waals surface area contributed by atoms with E-state index in [4.69, 9.17) is 0 Å². The fourth-order valence-corrected chi connectivity index (χ4v) is 10.1. The molecule has 0 aromatic heterocycles. The van der Waals surface area contributed by atoms with E-state index in [9.17, 15) is 38.4 Å². The lowest BCUT2D eigenvalue weighted by atomic mass is 9.83. The minimum Gasteiger partial charge on any atom is -0.352 e. The van der Waals surface area contributed by atoms with Crippen LogP contribution in [-0.2, 0) is 38.4 Å². The Bertz CT molecular complexity index is 1390. The average Bonchev–Trinajstić information content (AvgIpc) is 3.25. The van der Waals surface area contributed by atoms with E-state index in [0.717, 1.165) is 25.7 Å². The van der Waals surface area contributed by atoms with E-state index in [0.29, 0.717) is 77.0 Å². The number of nitrogens with zero attached hydrogens (tertiary/aromatic N) is 4. The van der Waals surface area contributed by atoms with Gasteiger partial charge in [-0.25, -0.2) is 0 Å². The zero-order valence-corrected chi connectivity index (χ0v) is 37.3. The molecule has 336 valence electrons. The van der Waals surface area contributed by atoms with Gasteiger partial charge in [0.15, 0.2) is 0 Å². The van der Waals surface area contributed by atoms with Crippen molar-refractivity contribution in [2.45, 2.75) is 179 Å². The molecule has 5 rings (SSSR count). The first kappa shape index (κ1) is 46.8. The van der Waals surface area contributed by atoms with Gasteiger partial charge in [-0.3, -0.25) is 38.4 Å². The zero-order chi connectivity index (χ0) is 44.0. The summed E-state index contributed by atoms with van der Waals surface area (Å²) >= 11 is 0. The van der Waals surface area contributed by atoms with Gasteiger partial charge >= 0.3 is 0 Å². The molecule has 0 unspecified atom stereocenters. The second kappa shape index (κ2) is 20.5. The lowest BCUT2D eigenvalue weighted by Gasteiger charge is -2.37. The Morgan fingerprint density at radius 1 is 0.333 bits per heavy atom. The quantitative estimate of drug-likeness (QED) is 0.285. The number of hydrogen-bond acceptors (Lipinski definition) is 8. The molecule has 1 saturated heterocycles. The van der Waals surface area contributed by atoms with Crippen molar-refractivity contribution in [3.05, 3.63) is 0 Å². The summed E-state index contributed by atoms with van der Waals surface area (Å²) in [5, 5.41) is 12.4. The van der Waals surface area contributed by atoms with Crippen LogP contribution in [0.2, 0.25) is 0 Å². The Hall–Kier alpha value is -4.24. The van der Waals surface area contributed by atoms with Gasteiger partial charge in [0, 0.05) is 76.0 Å². The first-order valence-electron chi connectivity index (χ1n) is 22.7. The number of likely N-dealkylation sites (N-methyl/N-ethyl adjacent to an activating group) is 4. The molecule has 4 saturated carbocycles. The highest BCUT2D eigenvalue weighted by molar-refractivity contribution is 5.91. The molecule has 0 aromatic rings. The molecule has 16 heteroatoms. The van der Waals surface area contributed by atoms with Gasteiger partial charge in [-0.1, -0.05) is 25.7 Å². The van der Waals surface area contributed by atoms with Crippen LogP contribution in [0, 0.1) is 23.7 Å². The highest BCUT2D eigenvalue weighted by Gasteiger charge is 2.40. The second-order valence-electron chi connectivity index (χ2n) is 18.8. The van der Waals surface area contributed by atoms with Crippen molar-refractivity contribution in [1.29, 1.82) is 0 Å². The summed E-state index contributed by atoms with van der Waals surface area (Å²) in [6, 6.07) is -4.07. The Balaban J connectivity index is 1.32. The third-order valence-corrected chi connectivity index (χ3v) is 14.7. The maximum Gasteiger partial charge on any atom is 0.242 e. The lowest BCUT2D eigenvalue weighted by Crippen LogP contribution is -2.55. The van der Waals surface area contributed by atoms with Crippen molar-refractivity contribution in [3.63, 3.8) is 0 Å². The SMILES string of the molecule is C[C@@H]1C(=O)N[C@H]2CCC[C@H](C2)C(=O)N(C)[C@H](C)C(=O)N[C@H]2CCC[C@H](C2)C(=O)N(C)[C@H](C)C(=O)N[C@H]2CCC[C@H](C2)C(=O)N(C)[C@H](C)C(=O)N[C@H]2CCC[C@H](C2)C(=O)N1C. The van der Waals surface area contributed by atoms with Gasteiger partial charge in [0.1, 0.15) is 24.2 Å². The summed E-state index contributed by atoms with van der Waals surface area (Å²) in [5.41, 5.74) is 0. The molecule has 0 aromatic carbocycles. The average molecular weight is 841 g/mol. The number of nitrogens with one attached hydrogen (secondary N) is 4. The summed E-state index contributed by atoms with van der Waals surface area (Å²) in [7, 11) is 6.51. The van der Waals surface area contributed by atoms with E-state index < -0.39 is 24.2 Å². The molecule has 16 nitrogen and oxygen atoms in total. The normalized spacial score (nSPS) is 36.9. The third kappa shape index (κ3) is 11.2. The molecule has 1 aliphatic heterocycles. The third-order valence-electron chi connectivity index (χ3n) is 14.7. The summed E-state index contributed by atoms with van der Waals surface area (Å²) in [5.74, 6) is -3.36. The van der Waals surface area contributed by atoms with Crippen molar-refractivity contribution in [2.75, 3.05) is 28.2 Å². The van der Waals surface area contributed by atoms with Crippen LogP contribution in [0.25, 0.3) is 0 Å². The van der Waals surface area contributed by atoms with Gasteiger partial charge < -0.3 is 40.9 Å². The van der Waals surface area contributed by atoms with E-state index in [-0.39, 0.29) is 95.1 Å². The van der Waals surface area contributed by atoms with Crippen molar-refractivity contribution in [1.82, 2.24) is 40.9 Å². The summed E-state index contributed by atoms with van der Waals surface area (Å²) < 4.78 is 0. The maximum atomic E-state index is 13.8. The Morgan fingerprint density at radius 2 is 0.517 bits per heavy atom. The number of carbonyl (C=O) groups excluding carboxylic acids is 8. The monoisotopic (exact) mass is 841 g/mol. The fourth-order valence-electron chi connectivity index (χ4n) is 10.1. The molecule has 1 heterocycles. The molecule has 8 bridgehead atoms. The van der Waals surface area contributed by atoms with E-state index in [1.807, 2.05) is 0 Å². The molecule has 4 N–H and O–H groups in total. The number of hydrogen-bond donors (Lipinski definition) is 4. The van der Waals surface area contributed by atoms with Crippen LogP contribution in [0.1, 0.15) is 130 Å². The largest absolute Gasteiger partial charge is 0.352 e. The van der Waals surface area contributed by atoms with Gasteiger partial charge in [-0.2, -0.15) is 0 Å². The van der Waals surface area contributed by atoms with Gasteiger partial charge in [-0.15, -0.1) is 0 Å². The van der Waals surface area contributed by atoms with Crippen LogP contribution in [-0.4, -0.2) is 143 Å². The summed E-state index contributed by atoms with van der Waals surface area (Å²) in [6.07, 6.45) is 9.96. The highest BCUT2D eigenvalue weighted by Crippen LogP contribution is 2.31. The standard InChI is InChI=1S/C44H72N8O8/c1-25-37(53)45-33-17-10-14-30(22-33)42(58)50(6)27(3)39(55)47-35-19-12-16-32(24-35)44(60)52(8)28(4)40(56)48-36-20-11-15-31(23-36)43(59)51(7)26(2)38(54)46-34-18-9-13-29(21-34)41(57)49(25)5/h25-36H,9-24H2,1-8H3,(H,45,53)(H,46,54)(H,47,55)(H,48,56)/t25-,26-,27-,28-,29-,30-,31-,32-,33+,34+,35+,36+/m1/s1. The van der Waals surface area contributed by atoms with Crippen molar-refractivity contribution >= 4 is 47.3 Å². The predicted octanol–water partition coefficient (Wildman–Crippen LogP) is 2.09. The zero-order valence-electron chi connectivity index (χ0n) is 37.3. The van der Waals surface area contributed by atoms with Crippen LogP contribution in [0.4, 0.5) is 0 Å². The molecule has 0 radical (unpaired) electrons. The smallest absolute Gasteiger partial charge is 0.242 e. The first-order valence-corrected chi connectivity index (χ1v) is 22.7. The van der Waals surface area contributed by atoms with Crippen LogP contribution in [0.5, 0.6) is 0 Å². The minimum absolute atomic E-state index is 0.163. The van der Waals surface area contributed by atoms with Crippen molar-refractivity contribution < 1.29 is 38.4 Å². The van der Waals surface area contributed by atoms with Gasteiger partial charge in [0.25, 0.3) is 0 Å². The van der Waals surface area contributed by atoms with Crippen molar-refractivity contribution in [2.24, 2.45) is 23.7 Å². The van der Waals surface area contributed by atoms with E-state index in [1.54, 1.807) is 55.9 Å². The summed E-state index contributed by atoms with van der Waals surface area (Å²) in [4.78, 5) is 115. The first-order chi connectivity index (χ1) is 28.4. The van der Waals surface area contributed by atoms with Gasteiger partial charge in [0.2, 0.25) is 47.3 Å². The number of carbonyl (C=O) groups is 8. The topological polar surface area (TPSA) is 198 Å². The minimum atomic E-state index is -0.755. The highest BCUT2D eigenvalue weighted by atomic mass is 16.2. The Kier molecular flexibility index (Phi) is 16.0. The van der Waals surface area contributed by atoms with E-state index in [2.05, 4.69) is 21.3 Å². The molecule has 60 heavy (non-hydrogen) atoms. The molecule has 12 atom stereocenters. The van der Waals surface area contributed by atoms with Crippen LogP contribution >= 0.6 is 0 Å². The number of fused-ring (bicyclic) bond motifs is 8. The molecule has 0 spiro atoms. The molecule has 4 aliphatic carbocycles. The van der Waals surface area contributed by atoms with Gasteiger partial charge in [-0.05, 0) is 105 Å². The van der Waals surface area contributed by atoms with Gasteiger partial charge in [0.05, 0.1) is 0 Å². The Labute approximate surface area is 356 Å². The number of amides is 8. The number of rotatable bonds is 0. The molecule has 8 amide bonds. The predicted molar refractivity (Wildman–Crippen MR) is 224 cm³/mol. The lowest BCUT2D eigenvalue weighted by molar-refractivity contribution is -0.145. The molecular weight excluding hydrogens is 769 g/mol. The van der Waals surface area contributed by atoms with Crippen molar-refractivity contribution in [3.8, 4) is 0 Å². The van der Waals surface area contributed by atoms with Crippen LogP contribution < -0.4 is 21.3 Å².